The van der Waals surface area contributed by atoms with Crippen LogP contribution < -0.4 is 0 Å². The first kappa shape index (κ1) is 41.9. The first-order valence-corrected chi connectivity index (χ1v) is 6.41. The monoisotopic (exact) mass is 502 g/mol. The van der Waals surface area contributed by atoms with Crippen molar-refractivity contribution in [1.29, 1.82) is 0 Å². The van der Waals surface area contributed by atoms with Crippen LogP contribution in [0.15, 0.2) is 60.7 Å². The van der Waals surface area contributed by atoms with Crippen molar-refractivity contribution in [2.45, 2.75) is 0 Å². The predicted octanol–water partition coefficient (Wildman–Crippen LogP) is 4.50. The minimum absolute atomic E-state index is 0. The van der Waals surface area contributed by atoms with Crippen molar-refractivity contribution in [2.75, 3.05) is 0 Å². The van der Waals surface area contributed by atoms with Crippen molar-refractivity contribution < 1.29 is 70.3 Å². The molecular weight excluding hydrogens is 492 g/mol. The zero-order chi connectivity index (χ0) is 22.8. The van der Waals surface area contributed by atoms with Gasteiger partial charge in [0.1, 0.15) is 0 Å². The number of hydrogen-bond acceptors (Lipinski definition) is 0. The summed E-state index contributed by atoms with van der Waals surface area (Å²) in [5, 5.41) is 0. The SMILES string of the molecule is Fc1[c-]c(F)c(F)c(F)[c-]1.[C-]#[O+].[C-]#[O+].[C-]#[O+].[C-]#[O+].[Fe+6].[Fe+6].[cH-]1[cH-][cH-][cH-][cH-]1.c1cc[cH-]c1. The van der Waals surface area contributed by atoms with Gasteiger partial charge in [0.15, 0.2) is 0 Å². The van der Waals surface area contributed by atoms with Crippen LogP contribution in [-0.4, -0.2) is 0 Å². The molecule has 3 rings (SSSR count). The summed E-state index contributed by atoms with van der Waals surface area (Å²) in [6, 6.07) is 22.6. The smallest absolute Gasteiger partial charge is 0.748 e. The molecule has 10 heteroatoms. The molecule has 0 amide bonds. The standard InChI is InChI=1S/C6F4.2C5H5.4CO.2Fe/c7-3-1-4(8)6(10)5(9)2-3;2*1-2-4-5-3-1;4*1-2;;/h;2*1-5H;;;;;;/q-2;-5;-1;;;;;2*+6. The summed E-state index contributed by atoms with van der Waals surface area (Å²) in [5.41, 5.74) is 0. The fraction of sp³-hybridized carbons (Fsp3) is 0. The van der Waals surface area contributed by atoms with E-state index >= 15 is 0 Å². The van der Waals surface area contributed by atoms with E-state index in [0.717, 1.165) is 0 Å². The van der Waals surface area contributed by atoms with Crippen molar-refractivity contribution in [3.8, 4) is 0 Å². The third kappa shape index (κ3) is 27.9. The Labute approximate surface area is 192 Å². The topological polar surface area (TPSA) is 79.6 Å². The molecule has 4 nitrogen and oxygen atoms in total. The molecule has 30 heavy (non-hydrogen) atoms. The molecule has 0 fully saturated rings. The van der Waals surface area contributed by atoms with Gasteiger partial charge in [-0.25, -0.2) is 12.1 Å². The van der Waals surface area contributed by atoms with Gasteiger partial charge in [-0.2, -0.15) is 18.2 Å². The Morgan fingerprint density at radius 3 is 1.07 bits per heavy atom. The van der Waals surface area contributed by atoms with Crippen molar-refractivity contribution >= 4 is 0 Å². The van der Waals surface area contributed by atoms with Gasteiger partial charge in [0.05, 0.1) is 0 Å². The van der Waals surface area contributed by atoms with Gasteiger partial charge in [-0.3, -0.25) is 25.3 Å². The van der Waals surface area contributed by atoms with Crippen molar-refractivity contribution in [1.82, 2.24) is 0 Å². The Hall–Kier alpha value is -2.36. The Kier molecular flexibility index (Phi) is 52.2. The van der Waals surface area contributed by atoms with Crippen LogP contribution in [0.3, 0.4) is 0 Å². The zero-order valence-electron chi connectivity index (χ0n) is 14.6. The summed E-state index contributed by atoms with van der Waals surface area (Å²) >= 11 is 0. The summed E-state index contributed by atoms with van der Waals surface area (Å²) in [6.45, 7) is 18.0. The second-order valence-electron chi connectivity index (χ2n) is 3.43. The summed E-state index contributed by atoms with van der Waals surface area (Å²) in [4.78, 5) is 0. The maximum absolute atomic E-state index is 11.9. The van der Waals surface area contributed by atoms with Gasteiger partial charge < -0.3 is 34.7 Å². The molecule has 0 atom stereocenters. The molecular formula is C20H10F4Fe2O4+4. The Bertz CT molecular complexity index is 647. The van der Waals surface area contributed by atoms with E-state index in [-0.39, 0.29) is 34.1 Å². The van der Waals surface area contributed by atoms with E-state index in [0.29, 0.717) is 0 Å². The summed E-state index contributed by atoms with van der Waals surface area (Å²) in [5.74, 6) is -6.49. The quantitative estimate of drug-likeness (QED) is 0.109. The normalized spacial score (nSPS) is 6.27. The Morgan fingerprint density at radius 1 is 0.600 bits per heavy atom. The fourth-order valence-electron chi connectivity index (χ4n) is 1.07. The maximum Gasteiger partial charge on any atom is 6.00 e. The molecule has 0 aliphatic carbocycles. The Morgan fingerprint density at radius 2 is 0.867 bits per heavy atom. The van der Waals surface area contributed by atoms with Gasteiger partial charge in [0, 0.05) is 0 Å². The molecule has 0 aliphatic heterocycles. The summed E-state index contributed by atoms with van der Waals surface area (Å²) in [7, 11) is 0. The summed E-state index contributed by atoms with van der Waals surface area (Å²) < 4.78 is 77.6. The predicted molar refractivity (Wildman–Crippen MR) is 83.7 cm³/mol. The van der Waals surface area contributed by atoms with E-state index in [1.807, 2.05) is 60.7 Å². The molecule has 154 valence electrons. The van der Waals surface area contributed by atoms with Crippen LogP contribution in [0.25, 0.3) is 0 Å². The second-order valence-corrected chi connectivity index (χ2v) is 3.43. The molecule has 0 aliphatic rings. The van der Waals surface area contributed by atoms with E-state index in [1.54, 1.807) is 0 Å². The van der Waals surface area contributed by atoms with E-state index in [2.05, 4.69) is 26.6 Å². The first-order chi connectivity index (χ1) is 13.6. The average molecular weight is 502 g/mol. The third-order valence-electron chi connectivity index (χ3n) is 1.94. The molecule has 0 aromatic heterocycles. The van der Waals surface area contributed by atoms with E-state index in [9.17, 15) is 17.6 Å². The largest absolute Gasteiger partial charge is 6.00 e. The first-order valence-electron chi connectivity index (χ1n) is 6.41. The molecule has 0 saturated heterocycles. The van der Waals surface area contributed by atoms with E-state index < -0.39 is 23.3 Å². The molecule has 0 radical (unpaired) electrons. The van der Waals surface area contributed by atoms with Gasteiger partial charge in [-0.1, -0.05) is 11.6 Å². The van der Waals surface area contributed by atoms with Gasteiger partial charge in [-0.05, 0) is 5.82 Å². The van der Waals surface area contributed by atoms with Crippen molar-refractivity contribution in [3.63, 3.8) is 0 Å². The minimum Gasteiger partial charge on any atom is -0.748 e. The molecule has 0 bridgehead atoms. The van der Waals surface area contributed by atoms with Crippen LogP contribution in [0, 0.1) is 62.0 Å². The molecule has 0 N–H and O–H groups in total. The molecule has 0 saturated carbocycles. The maximum atomic E-state index is 11.9. The number of benzene rings is 1. The minimum atomic E-state index is -1.76. The average Bonchev–Trinajstić information content (AvgIpc) is 3.51. The number of hydrogen-bond donors (Lipinski definition) is 0. The zero-order valence-corrected chi connectivity index (χ0v) is 16.8. The van der Waals surface area contributed by atoms with Gasteiger partial charge in [0.2, 0.25) is 0 Å². The van der Waals surface area contributed by atoms with Crippen LogP contribution in [0.1, 0.15) is 0 Å². The number of halogens is 4. The van der Waals surface area contributed by atoms with Crippen molar-refractivity contribution in [3.05, 3.63) is 123 Å². The summed E-state index contributed by atoms with van der Waals surface area (Å²) in [6.07, 6.45) is 0. The van der Waals surface area contributed by atoms with Crippen LogP contribution in [0.4, 0.5) is 17.6 Å². The van der Waals surface area contributed by atoms with Crippen molar-refractivity contribution in [2.24, 2.45) is 0 Å². The van der Waals surface area contributed by atoms with Crippen LogP contribution in [0.2, 0.25) is 0 Å². The molecule has 0 spiro atoms. The van der Waals surface area contributed by atoms with Crippen LogP contribution in [0.5, 0.6) is 0 Å². The molecule has 0 unspecified atom stereocenters. The van der Waals surface area contributed by atoms with Gasteiger partial charge in [-0.15, -0.1) is 5.82 Å². The fourth-order valence-corrected chi connectivity index (χ4v) is 1.07. The Balaban J connectivity index is -0.0000000626. The second kappa shape index (κ2) is 37.4. The van der Waals surface area contributed by atoms with Gasteiger partial charge >= 0.3 is 79.3 Å². The third-order valence-corrected chi connectivity index (χ3v) is 1.94. The van der Waals surface area contributed by atoms with E-state index in [1.165, 1.54) is 12.1 Å². The van der Waals surface area contributed by atoms with Crippen LogP contribution in [-0.2, 0) is 52.7 Å². The molecule has 0 heterocycles. The number of rotatable bonds is 0. The van der Waals surface area contributed by atoms with Gasteiger partial charge in [0.25, 0.3) is 0 Å². The molecule has 3 aromatic rings. The van der Waals surface area contributed by atoms with Crippen LogP contribution >= 0.6 is 0 Å². The molecule has 3 aromatic carbocycles. The van der Waals surface area contributed by atoms with E-state index in [4.69, 9.17) is 18.6 Å².